The Morgan fingerprint density at radius 2 is 2.04 bits per heavy atom. The van der Waals surface area contributed by atoms with Crippen LogP contribution in [0.4, 0.5) is 0 Å². The molecule has 1 fully saturated rings. The minimum absolute atomic E-state index is 0. The Kier molecular flexibility index (Phi) is 10.4. The summed E-state index contributed by atoms with van der Waals surface area (Å²) < 4.78 is 0. The molecule has 1 unspecified atom stereocenters. The van der Waals surface area contributed by atoms with Crippen LogP contribution in [-0.2, 0) is 6.54 Å². The van der Waals surface area contributed by atoms with Crippen LogP contribution in [0.1, 0.15) is 37.8 Å². The Hall–Kier alpha value is -0.820. The van der Waals surface area contributed by atoms with E-state index >= 15 is 0 Å². The van der Waals surface area contributed by atoms with Crippen LogP contribution in [0.5, 0.6) is 0 Å². The predicted molar refractivity (Wildman–Crippen MR) is 119 cm³/mol. The van der Waals surface area contributed by atoms with Crippen LogP contribution < -0.4 is 10.6 Å². The fraction of sp³-hybridized carbons (Fsp3) is 0.650. The number of guanidine groups is 1. The molecule has 5 heteroatoms. The van der Waals surface area contributed by atoms with E-state index in [0.717, 1.165) is 30.9 Å². The number of rotatable bonds is 6. The van der Waals surface area contributed by atoms with Crippen molar-refractivity contribution in [2.75, 3.05) is 33.2 Å². The highest BCUT2D eigenvalue weighted by Crippen LogP contribution is 2.16. The van der Waals surface area contributed by atoms with E-state index in [0.29, 0.717) is 0 Å². The smallest absolute Gasteiger partial charge is 0.191 e. The summed E-state index contributed by atoms with van der Waals surface area (Å²) in [6.07, 6.45) is 2.63. The third-order valence-electron chi connectivity index (χ3n) is 4.72. The van der Waals surface area contributed by atoms with Gasteiger partial charge in [-0.1, -0.05) is 38.1 Å². The molecule has 1 saturated heterocycles. The molecule has 2 rings (SSSR count). The van der Waals surface area contributed by atoms with Crippen molar-refractivity contribution in [1.29, 1.82) is 0 Å². The lowest BCUT2D eigenvalue weighted by Crippen LogP contribution is -2.45. The maximum absolute atomic E-state index is 4.37. The molecule has 4 nitrogen and oxygen atoms in total. The van der Waals surface area contributed by atoms with E-state index in [-0.39, 0.29) is 24.0 Å². The van der Waals surface area contributed by atoms with Gasteiger partial charge < -0.3 is 15.5 Å². The molecule has 1 aromatic carbocycles. The summed E-state index contributed by atoms with van der Waals surface area (Å²) in [5.74, 6) is 2.37. The van der Waals surface area contributed by atoms with Gasteiger partial charge in [-0.15, -0.1) is 24.0 Å². The van der Waals surface area contributed by atoms with E-state index in [1.54, 1.807) is 0 Å². The zero-order valence-corrected chi connectivity index (χ0v) is 18.5. The zero-order valence-electron chi connectivity index (χ0n) is 16.2. The molecule has 25 heavy (non-hydrogen) atoms. The van der Waals surface area contributed by atoms with Crippen LogP contribution in [0.2, 0.25) is 0 Å². The first-order valence-corrected chi connectivity index (χ1v) is 9.30. The van der Waals surface area contributed by atoms with Gasteiger partial charge in [0.25, 0.3) is 0 Å². The minimum Gasteiger partial charge on any atom is -0.356 e. The molecule has 0 spiro atoms. The minimum atomic E-state index is 0. The first-order valence-electron chi connectivity index (χ1n) is 9.30. The van der Waals surface area contributed by atoms with Gasteiger partial charge in [0.2, 0.25) is 0 Å². The van der Waals surface area contributed by atoms with E-state index in [2.05, 4.69) is 65.6 Å². The van der Waals surface area contributed by atoms with E-state index in [1.165, 1.54) is 43.6 Å². The number of hydrogen-bond acceptors (Lipinski definition) is 2. The summed E-state index contributed by atoms with van der Waals surface area (Å²) in [4.78, 5) is 6.98. The van der Waals surface area contributed by atoms with Crippen molar-refractivity contribution in [2.24, 2.45) is 16.8 Å². The lowest BCUT2D eigenvalue weighted by molar-refractivity contribution is 0.159. The monoisotopic (exact) mass is 458 g/mol. The van der Waals surface area contributed by atoms with E-state index < -0.39 is 0 Å². The maximum Gasteiger partial charge on any atom is 0.191 e. The normalized spacial score (nSPS) is 18.8. The molecule has 0 aliphatic carbocycles. The number of hydrogen-bond donors (Lipinski definition) is 2. The van der Waals surface area contributed by atoms with Gasteiger partial charge in [-0.2, -0.15) is 0 Å². The van der Waals surface area contributed by atoms with Crippen molar-refractivity contribution in [2.45, 2.75) is 40.2 Å². The van der Waals surface area contributed by atoms with Crippen LogP contribution in [0.3, 0.4) is 0 Å². The van der Waals surface area contributed by atoms with Gasteiger partial charge in [0, 0.05) is 33.2 Å². The number of likely N-dealkylation sites (tertiary alicyclic amines) is 1. The summed E-state index contributed by atoms with van der Waals surface area (Å²) in [6, 6.07) is 8.49. The predicted octanol–water partition coefficient (Wildman–Crippen LogP) is 3.65. The molecule has 2 N–H and O–H groups in total. The molecule has 0 radical (unpaired) electrons. The van der Waals surface area contributed by atoms with Crippen molar-refractivity contribution >= 4 is 29.9 Å². The molecule has 0 aromatic heterocycles. The van der Waals surface area contributed by atoms with Crippen molar-refractivity contribution in [3.63, 3.8) is 0 Å². The average molecular weight is 458 g/mol. The second-order valence-corrected chi connectivity index (χ2v) is 7.39. The quantitative estimate of drug-likeness (QED) is 0.389. The molecule has 0 bridgehead atoms. The number of benzene rings is 1. The number of piperidine rings is 1. The fourth-order valence-electron chi connectivity index (χ4n) is 3.45. The molecule has 0 saturated carbocycles. The van der Waals surface area contributed by atoms with Crippen molar-refractivity contribution in [1.82, 2.24) is 15.5 Å². The Bertz CT molecular complexity index is 530. The zero-order chi connectivity index (χ0) is 17.4. The molecule has 1 aromatic rings. The highest BCUT2D eigenvalue weighted by molar-refractivity contribution is 14.0. The lowest BCUT2D eigenvalue weighted by Gasteiger charge is -2.34. The van der Waals surface area contributed by atoms with Gasteiger partial charge in [-0.25, -0.2) is 0 Å². The van der Waals surface area contributed by atoms with Crippen LogP contribution >= 0.6 is 24.0 Å². The summed E-state index contributed by atoms with van der Waals surface area (Å²) in [5, 5.41) is 6.95. The Labute approximate surface area is 170 Å². The van der Waals surface area contributed by atoms with Crippen LogP contribution in [0, 0.1) is 18.8 Å². The molecule has 1 aliphatic rings. The second-order valence-electron chi connectivity index (χ2n) is 7.39. The molecular weight excluding hydrogens is 423 g/mol. The topological polar surface area (TPSA) is 39.7 Å². The Balaban J connectivity index is 0.00000312. The maximum atomic E-state index is 4.37. The first kappa shape index (κ1) is 22.2. The number of nitrogens with zero attached hydrogens (tertiary/aromatic N) is 2. The van der Waals surface area contributed by atoms with Gasteiger partial charge in [-0.05, 0) is 49.3 Å². The summed E-state index contributed by atoms with van der Waals surface area (Å²) >= 11 is 0. The first-order chi connectivity index (χ1) is 11.6. The van der Waals surface area contributed by atoms with Gasteiger partial charge >= 0.3 is 0 Å². The van der Waals surface area contributed by atoms with Crippen LogP contribution in [-0.4, -0.2) is 44.1 Å². The molecule has 1 aliphatic heterocycles. The van der Waals surface area contributed by atoms with Crippen molar-refractivity contribution in [3.05, 3.63) is 35.4 Å². The third kappa shape index (κ3) is 7.94. The highest BCUT2D eigenvalue weighted by Gasteiger charge is 2.20. The molecule has 0 amide bonds. The van der Waals surface area contributed by atoms with Crippen molar-refractivity contribution < 1.29 is 0 Å². The number of aryl methyl sites for hydroxylation is 1. The SMILES string of the molecule is CN=C(NCc1ccccc1C)NCC1CCCN(CC(C)C)C1.I. The van der Waals surface area contributed by atoms with E-state index in [9.17, 15) is 0 Å². The van der Waals surface area contributed by atoms with E-state index in [1.807, 2.05) is 7.05 Å². The van der Waals surface area contributed by atoms with Crippen molar-refractivity contribution in [3.8, 4) is 0 Å². The van der Waals surface area contributed by atoms with Crippen LogP contribution in [0.25, 0.3) is 0 Å². The largest absolute Gasteiger partial charge is 0.356 e. The average Bonchev–Trinajstić information content (AvgIpc) is 2.56. The Morgan fingerprint density at radius 1 is 1.28 bits per heavy atom. The Morgan fingerprint density at radius 3 is 2.72 bits per heavy atom. The van der Waals surface area contributed by atoms with Gasteiger partial charge in [0.15, 0.2) is 5.96 Å². The molecule has 1 heterocycles. The van der Waals surface area contributed by atoms with Crippen LogP contribution in [0.15, 0.2) is 29.3 Å². The lowest BCUT2D eigenvalue weighted by atomic mass is 9.97. The fourth-order valence-corrected chi connectivity index (χ4v) is 3.45. The summed E-state index contributed by atoms with van der Waals surface area (Å²) in [6.45, 7) is 12.3. The number of aliphatic imine (C=N–C) groups is 1. The van der Waals surface area contributed by atoms with Gasteiger partial charge in [0.1, 0.15) is 0 Å². The third-order valence-corrected chi connectivity index (χ3v) is 4.72. The standard InChI is InChI=1S/C20H34N4.HI/c1-16(2)14-24-11-7-9-18(15-24)12-22-20(21-4)23-13-19-10-6-5-8-17(19)3;/h5-6,8,10,16,18H,7,9,11-15H2,1-4H3,(H2,21,22,23);1H. The number of halogens is 1. The van der Waals surface area contributed by atoms with E-state index in [4.69, 9.17) is 0 Å². The summed E-state index contributed by atoms with van der Waals surface area (Å²) in [5.41, 5.74) is 2.64. The molecule has 142 valence electrons. The highest BCUT2D eigenvalue weighted by atomic mass is 127. The molecule has 1 atom stereocenters. The number of nitrogens with one attached hydrogen (secondary N) is 2. The molecular formula is C20H35IN4. The summed E-state index contributed by atoms with van der Waals surface area (Å²) in [7, 11) is 1.85. The van der Waals surface area contributed by atoms with Gasteiger partial charge in [0.05, 0.1) is 0 Å². The second kappa shape index (κ2) is 11.7. The van der Waals surface area contributed by atoms with Gasteiger partial charge in [-0.3, -0.25) is 4.99 Å².